The molecule has 4 rings (SSSR count). The molecule has 7 nitrogen and oxygen atoms in total. The summed E-state index contributed by atoms with van der Waals surface area (Å²) >= 11 is 0. The normalized spacial score (nSPS) is 23.6. The van der Waals surface area contributed by atoms with Crippen LogP contribution in [0.5, 0.6) is 0 Å². The fourth-order valence-corrected chi connectivity index (χ4v) is 2.91. The Hall–Kier alpha value is -1.76. The highest BCUT2D eigenvalue weighted by Gasteiger charge is 2.32. The lowest BCUT2D eigenvalue weighted by molar-refractivity contribution is 0.178. The molecule has 0 spiro atoms. The highest BCUT2D eigenvalue weighted by Crippen LogP contribution is 2.39. The topological polar surface area (TPSA) is 81.1 Å². The zero-order chi connectivity index (χ0) is 14.2. The first kappa shape index (κ1) is 12.9. The molecule has 7 heteroatoms. The van der Waals surface area contributed by atoms with Gasteiger partial charge in [0.25, 0.3) is 0 Å². The van der Waals surface area contributed by atoms with Crippen LogP contribution in [0.1, 0.15) is 61.0 Å². The molecule has 1 atom stereocenters. The van der Waals surface area contributed by atoms with Crippen LogP contribution in [-0.4, -0.2) is 38.3 Å². The maximum Gasteiger partial charge on any atom is 0.230 e. The van der Waals surface area contributed by atoms with Crippen molar-refractivity contribution in [2.75, 3.05) is 13.1 Å². The average molecular weight is 289 g/mol. The number of rotatable bonds is 4. The molecule has 0 N–H and O–H groups in total. The second-order valence-corrected chi connectivity index (χ2v) is 6.05. The monoisotopic (exact) mass is 289 g/mol. The van der Waals surface area contributed by atoms with E-state index < -0.39 is 0 Å². The van der Waals surface area contributed by atoms with Crippen molar-refractivity contribution in [3.63, 3.8) is 0 Å². The summed E-state index contributed by atoms with van der Waals surface area (Å²) in [4.78, 5) is 6.91. The Morgan fingerprint density at radius 2 is 2.10 bits per heavy atom. The second kappa shape index (κ2) is 5.22. The molecule has 0 radical (unpaired) electrons. The molecule has 0 bridgehead atoms. The van der Waals surface area contributed by atoms with E-state index in [1.165, 1.54) is 12.8 Å². The third kappa shape index (κ3) is 2.83. The van der Waals surface area contributed by atoms with E-state index in [9.17, 15) is 0 Å². The van der Waals surface area contributed by atoms with Crippen molar-refractivity contribution < 1.29 is 8.94 Å². The molecule has 2 aliphatic rings. The number of nitrogens with zero attached hydrogens (tertiary/aromatic N) is 5. The molecule has 0 aromatic carbocycles. The minimum absolute atomic E-state index is 0.346. The molecular weight excluding hydrogens is 270 g/mol. The van der Waals surface area contributed by atoms with E-state index in [4.69, 9.17) is 8.94 Å². The van der Waals surface area contributed by atoms with Gasteiger partial charge < -0.3 is 8.94 Å². The highest BCUT2D eigenvalue weighted by molar-refractivity contribution is 5.05. The molecule has 112 valence electrons. The van der Waals surface area contributed by atoms with Crippen molar-refractivity contribution >= 4 is 0 Å². The van der Waals surface area contributed by atoms with Gasteiger partial charge in [-0.05, 0) is 32.2 Å². The number of hydrogen-bond acceptors (Lipinski definition) is 7. The molecule has 2 aromatic rings. The van der Waals surface area contributed by atoms with Crippen molar-refractivity contribution in [1.82, 2.24) is 25.2 Å². The van der Waals surface area contributed by atoms with Crippen LogP contribution in [0.25, 0.3) is 0 Å². The van der Waals surface area contributed by atoms with Gasteiger partial charge in [-0.2, -0.15) is 4.98 Å². The summed E-state index contributed by atoms with van der Waals surface area (Å²) in [6, 6.07) is 0. The SMILES string of the molecule is Cc1nnc(CN2CCC[C@H](c3noc(C4CC4)n3)C2)o1. The van der Waals surface area contributed by atoms with Gasteiger partial charge in [0.15, 0.2) is 5.82 Å². The molecule has 1 saturated carbocycles. The predicted molar refractivity (Wildman–Crippen MR) is 72.6 cm³/mol. The molecule has 3 heterocycles. The first-order valence-electron chi connectivity index (χ1n) is 7.63. The van der Waals surface area contributed by atoms with Crippen molar-refractivity contribution in [3.8, 4) is 0 Å². The number of hydrogen-bond donors (Lipinski definition) is 0. The van der Waals surface area contributed by atoms with Crippen LogP contribution in [0.4, 0.5) is 0 Å². The lowest BCUT2D eigenvalue weighted by Crippen LogP contribution is -2.34. The van der Waals surface area contributed by atoms with E-state index in [2.05, 4.69) is 25.2 Å². The number of aromatic nitrogens is 4. The fraction of sp³-hybridized carbons (Fsp3) is 0.714. The zero-order valence-corrected chi connectivity index (χ0v) is 12.2. The van der Waals surface area contributed by atoms with Crippen LogP contribution in [0.3, 0.4) is 0 Å². The summed E-state index contributed by atoms with van der Waals surface area (Å²) in [7, 11) is 0. The number of piperidine rings is 1. The van der Waals surface area contributed by atoms with E-state index in [1.807, 2.05) is 6.92 Å². The molecular formula is C14H19N5O2. The van der Waals surface area contributed by atoms with E-state index in [0.717, 1.165) is 37.6 Å². The quantitative estimate of drug-likeness (QED) is 0.851. The minimum Gasteiger partial charge on any atom is -0.424 e. The minimum atomic E-state index is 0.346. The first-order valence-corrected chi connectivity index (χ1v) is 7.63. The summed E-state index contributed by atoms with van der Waals surface area (Å²) in [5.41, 5.74) is 0. The summed E-state index contributed by atoms with van der Waals surface area (Å²) < 4.78 is 10.8. The Bertz CT molecular complexity index is 618. The molecule has 1 aliphatic heterocycles. The molecule has 2 aromatic heterocycles. The molecule has 0 unspecified atom stereocenters. The third-order valence-corrected chi connectivity index (χ3v) is 4.18. The Morgan fingerprint density at radius 3 is 2.86 bits per heavy atom. The van der Waals surface area contributed by atoms with Gasteiger partial charge in [-0.25, -0.2) is 0 Å². The summed E-state index contributed by atoms with van der Waals surface area (Å²) in [5, 5.41) is 12.1. The van der Waals surface area contributed by atoms with Crippen molar-refractivity contribution in [2.45, 2.75) is 51.0 Å². The standard InChI is InChI=1S/C14H19N5O2/c1-9-16-17-12(20-9)8-19-6-2-3-11(7-19)13-15-14(21-18-13)10-4-5-10/h10-11H,2-8H2,1H3/t11-/m0/s1. The molecule has 21 heavy (non-hydrogen) atoms. The van der Waals surface area contributed by atoms with Crippen molar-refractivity contribution in [2.24, 2.45) is 0 Å². The van der Waals surface area contributed by atoms with Gasteiger partial charge in [-0.1, -0.05) is 5.16 Å². The number of likely N-dealkylation sites (tertiary alicyclic amines) is 1. The molecule has 2 fully saturated rings. The summed E-state index contributed by atoms with van der Waals surface area (Å²) in [6.45, 7) is 4.48. The molecule has 1 aliphatic carbocycles. The summed E-state index contributed by atoms with van der Waals surface area (Å²) in [5.74, 6) is 3.86. The Labute approximate surface area is 122 Å². The molecule has 0 amide bonds. The van der Waals surface area contributed by atoms with E-state index >= 15 is 0 Å². The van der Waals surface area contributed by atoms with Gasteiger partial charge in [-0.15, -0.1) is 10.2 Å². The second-order valence-electron chi connectivity index (χ2n) is 6.05. The lowest BCUT2D eigenvalue weighted by Gasteiger charge is -2.29. The van der Waals surface area contributed by atoms with Gasteiger partial charge in [0, 0.05) is 25.3 Å². The zero-order valence-electron chi connectivity index (χ0n) is 12.2. The van der Waals surface area contributed by atoms with Gasteiger partial charge in [0.2, 0.25) is 17.7 Å². The average Bonchev–Trinajstić information content (AvgIpc) is 3.07. The van der Waals surface area contributed by atoms with Crippen LogP contribution >= 0.6 is 0 Å². The maximum atomic E-state index is 5.46. The van der Waals surface area contributed by atoms with Crippen LogP contribution in [0, 0.1) is 6.92 Å². The Morgan fingerprint density at radius 1 is 1.19 bits per heavy atom. The van der Waals surface area contributed by atoms with Crippen molar-refractivity contribution in [3.05, 3.63) is 23.5 Å². The van der Waals surface area contributed by atoms with Crippen molar-refractivity contribution in [1.29, 1.82) is 0 Å². The molecule has 1 saturated heterocycles. The van der Waals surface area contributed by atoms with Gasteiger partial charge in [0.1, 0.15) is 0 Å². The van der Waals surface area contributed by atoms with E-state index in [-0.39, 0.29) is 0 Å². The van der Waals surface area contributed by atoms with E-state index in [0.29, 0.717) is 30.2 Å². The first-order chi connectivity index (χ1) is 10.3. The van der Waals surface area contributed by atoms with Crippen LogP contribution in [0.2, 0.25) is 0 Å². The Balaban J connectivity index is 1.41. The maximum absolute atomic E-state index is 5.46. The lowest BCUT2D eigenvalue weighted by atomic mass is 9.97. The van der Waals surface area contributed by atoms with E-state index in [1.54, 1.807) is 0 Å². The summed E-state index contributed by atoms with van der Waals surface area (Å²) in [6.07, 6.45) is 4.62. The predicted octanol–water partition coefficient (Wildman–Crippen LogP) is 2.02. The van der Waals surface area contributed by atoms with Gasteiger partial charge >= 0.3 is 0 Å². The van der Waals surface area contributed by atoms with Gasteiger partial charge in [-0.3, -0.25) is 4.90 Å². The van der Waals surface area contributed by atoms with Gasteiger partial charge in [0.05, 0.1) is 6.54 Å². The van der Waals surface area contributed by atoms with Crippen LogP contribution in [0.15, 0.2) is 8.94 Å². The third-order valence-electron chi connectivity index (χ3n) is 4.18. The van der Waals surface area contributed by atoms with Crippen LogP contribution < -0.4 is 0 Å². The fourth-order valence-electron chi connectivity index (χ4n) is 2.91. The van der Waals surface area contributed by atoms with Crippen LogP contribution in [-0.2, 0) is 6.54 Å². The smallest absolute Gasteiger partial charge is 0.230 e. The Kier molecular flexibility index (Phi) is 3.21. The highest BCUT2D eigenvalue weighted by atomic mass is 16.5. The number of aryl methyl sites for hydroxylation is 1. The largest absolute Gasteiger partial charge is 0.424 e.